The zero-order valence-corrected chi connectivity index (χ0v) is 14.0. The largest absolute Gasteiger partial charge is 0.497 e. The van der Waals surface area contributed by atoms with E-state index >= 15 is 0 Å². The molecule has 0 aliphatic heterocycles. The van der Waals surface area contributed by atoms with Gasteiger partial charge >= 0.3 is 0 Å². The number of halogens is 1. The molecule has 2 rings (SSSR count). The maximum absolute atomic E-state index is 12.9. The summed E-state index contributed by atoms with van der Waals surface area (Å²) in [6, 6.07) is 11.4. The number of hydrogen-bond acceptors (Lipinski definition) is 4. The summed E-state index contributed by atoms with van der Waals surface area (Å²) < 4.78 is 23.3. The number of anilines is 1. The Bertz CT molecular complexity index is 689. The van der Waals surface area contributed by atoms with Crippen molar-refractivity contribution in [1.29, 1.82) is 0 Å². The Labute approximate surface area is 141 Å². The first kappa shape index (κ1) is 17.7. The molecule has 0 aromatic heterocycles. The maximum atomic E-state index is 12.9. The normalized spacial score (nSPS) is 10.5. The van der Waals surface area contributed by atoms with Crippen molar-refractivity contribution in [3.63, 3.8) is 0 Å². The second-order valence-corrected chi connectivity index (χ2v) is 5.41. The van der Waals surface area contributed by atoms with Crippen molar-refractivity contribution in [2.24, 2.45) is 0 Å². The van der Waals surface area contributed by atoms with Gasteiger partial charge in [-0.2, -0.15) is 0 Å². The van der Waals surface area contributed by atoms with Crippen LogP contribution in [0.1, 0.15) is 5.56 Å². The number of nitrogens with zero attached hydrogens (tertiary/aromatic N) is 1. The van der Waals surface area contributed by atoms with Gasteiger partial charge in [-0.1, -0.05) is 12.1 Å². The van der Waals surface area contributed by atoms with E-state index in [-0.39, 0.29) is 18.3 Å². The van der Waals surface area contributed by atoms with Crippen LogP contribution in [0.4, 0.5) is 10.1 Å². The van der Waals surface area contributed by atoms with Gasteiger partial charge in [-0.05, 0) is 36.9 Å². The Morgan fingerprint density at radius 1 is 1.12 bits per heavy atom. The zero-order valence-electron chi connectivity index (χ0n) is 14.0. The number of likely N-dealkylation sites (N-methyl/N-ethyl adjacent to an activating group) is 1. The van der Waals surface area contributed by atoms with Gasteiger partial charge in [0, 0.05) is 12.6 Å². The maximum Gasteiger partial charge on any atom is 0.238 e. The number of carbonyl (C=O) groups is 1. The highest BCUT2D eigenvalue weighted by Crippen LogP contribution is 2.28. The van der Waals surface area contributed by atoms with Crippen molar-refractivity contribution in [3.05, 3.63) is 53.8 Å². The number of amides is 1. The van der Waals surface area contributed by atoms with Crippen LogP contribution in [-0.4, -0.2) is 38.6 Å². The number of rotatable bonds is 7. The molecule has 24 heavy (non-hydrogen) atoms. The molecule has 1 amide bonds. The van der Waals surface area contributed by atoms with E-state index in [0.717, 1.165) is 5.56 Å². The molecule has 0 aliphatic carbocycles. The molecule has 0 saturated carbocycles. The van der Waals surface area contributed by atoms with Crippen molar-refractivity contribution < 1.29 is 18.7 Å². The Balaban J connectivity index is 1.93. The van der Waals surface area contributed by atoms with Crippen LogP contribution in [-0.2, 0) is 11.3 Å². The van der Waals surface area contributed by atoms with Crippen LogP contribution in [0.2, 0.25) is 0 Å². The molecule has 0 spiro atoms. The molecule has 1 N–H and O–H groups in total. The smallest absolute Gasteiger partial charge is 0.238 e. The van der Waals surface area contributed by atoms with E-state index in [0.29, 0.717) is 23.7 Å². The molecule has 0 heterocycles. The monoisotopic (exact) mass is 332 g/mol. The lowest BCUT2D eigenvalue weighted by Crippen LogP contribution is -2.29. The molecule has 0 radical (unpaired) electrons. The highest BCUT2D eigenvalue weighted by molar-refractivity contribution is 5.93. The van der Waals surface area contributed by atoms with Crippen LogP contribution in [0.3, 0.4) is 0 Å². The van der Waals surface area contributed by atoms with E-state index in [2.05, 4.69) is 5.32 Å². The predicted octanol–water partition coefficient (Wildman–Crippen LogP) is 2.91. The van der Waals surface area contributed by atoms with Gasteiger partial charge in [0.2, 0.25) is 5.91 Å². The predicted molar refractivity (Wildman–Crippen MR) is 90.9 cm³/mol. The van der Waals surface area contributed by atoms with E-state index in [4.69, 9.17) is 9.47 Å². The van der Waals surface area contributed by atoms with Crippen molar-refractivity contribution in [1.82, 2.24) is 4.90 Å². The highest BCUT2D eigenvalue weighted by atomic mass is 19.1. The summed E-state index contributed by atoms with van der Waals surface area (Å²) in [5.41, 5.74) is 1.52. The van der Waals surface area contributed by atoms with Gasteiger partial charge in [-0.25, -0.2) is 4.39 Å². The van der Waals surface area contributed by atoms with Crippen molar-refractivity contribution in [2.75, 3.05) is 33.1 Å². The first-order valence-electron chi connectivity index (χ1n) is 7.46. The number of carbonyl (C=O) groups excluding carboxylic acids is 1. The molecule has 6 heteroatoms. The lowest BCUT2D eigenvalue weighted by Gasteiger charge is -2.17. The van der Waals surface area contributed by atoms with Crippen LogP contribution < -0.4 is 14.8 Å². The van der Waals surface area contributed by atoms with Gasteiger partial charge in [-0.15, -0.1) is 0 Å². The van der Waals surface area contributed by atoms with Crippen LogP contribution in [0, 0.1) is 5.82 Å². The van der Waals surface area contributed by atoms with Gasteiger partial charge < -0.3 is 14.8 Å². The number of nitrogens with one attached hydrogen (secondary N) is 1. The molecular formula is C18H21FN2O3. The number of hydrogen-bond donors (Lipinski definition) is 1. The topological polar surface area (TPSA) is 50.8 Å². The van der Waals surface area contributed by atoms with Crippen LogP contribution in [0.5, 0.6) is 11.5 Å². The van der Waals surface area contributed by atoms with Crippen LogP contribution in [0.15, 0.2) is 42.5 Å². The van der Waals surface area contributed by atoms with Gasteiger partial charge in [-0.3, -0.25) is 9.69 Å². The third-order valence-electron chi connectivity index (χ3n) is 3.46. The van der Waals surface area contributed by atoms with Gasteiger partial charge in [0.1, 0.15) is 17.3 Å². The highest BCUT2D eigenvalue weighted by Gasteiger charge is 2.11. The molecule has 0 saturated heterocycles. The standard InChI is InChI=1S/C18H21FN2O3/c1-21(11-13-4-6-14(19)7-5-13)12-18(22)20-16-9-8-15(23-2)10-17(16)24-3/h4-10H,11-12H2,1-3H3,(H,20,22). The first-order chi connectivity index (χ1) is 11.5. The van der Waals surface area contributed by atoms with Gasteiger partial charge in [0.25, 0.3) is 0 Å². The molecule has 0 bridgehead atoms. The fourth-order valence-corrected chi connectivity index (χ4v) is 2.29. The van der Waals surface area contributed by atoms with E-state index < -0.39 is 0 Å². The fourth-order valence-electron chi connectivity index (χ4n) is 2.29. The minimum atomic E-state index is -0.272. The number of benzene rings is 2. The Kier molecular flexibility index (Phi) is 6.14. The molecular weight excluding hydrogens is 311 g/mol. The zero-order chi connectivity index (χ0) is 17.5. The minimum absolute atomic E-state index is 0.164. The molecule has 128 valence electrons. The first-order valence-corrected chi connectivity index (χ1v) is 7.46. The molecule has 0 unspecified atom stereocenters. The molecule has 0 fully saturated rings. The third-order valence-corrected chi connectivity index (χ3v) is 3.46. The lowest BCUT2D eigenvalue weighted by atomic mass is 10.2. The van der Waals surface area contributed by atoms with Crippen molar-refractivity contribution >= 4 is 11.6 Å². The summed E-state index contributed by atoms with van der Waals surface area (Å²) in [4.78, 5) is 14.0. The van der Waals surface area contributed by atoms with Crippen LogP contribution in [0.25, 0.3) is 0 Å². The molecule has 5 nitrogen and oxygen atoms in total. The van der Waals surface area contributed by atoms with E-state index in [1.807, 2.05) is 11.9 Å². The Morgan fingerprint density at radius 2 is 1.83 bits per heavy atom. The van der Waals surface area contributed by atoms with Gasteiger partial charge in [0.05, 0.1) is 26.5 Å². The summed E-state index contributed by atoms with van der Waals surface area (Å²) >= 11 is 0. The van der Waals surface area contributed by atoms with E-state index in [9.17, 15) is 9.18 Å². The Morgan fingerprint density at radius 3 is 2.46 bits per heavy atom. The summed E-state index contributed by atoms with van der Waals surface area (Å²) in [6.45, 7) is 0.750. The Hall–Kier alpha value is -2.60. The fraction of sp³-hybridized carbons (Fsp3) is 0.278. The summed E-state index contributed by atoms with van der Waals surface area (Å²) in [6.07, 6.45) is 0. The molecule has 0 aliphatic rings. The molecule has 2 aromatic carbocycles. The third kappa shape index (κ3) is 4.96. The minimum Gasteiger partial charge on any atom is -0.497 e. The average molecular weight is 332 g/mol. The number of ether oxygens (including phenoxy) is 2. The van der Waals surface area contributed by atoms with E-state index in [1.165, 1.54) is 19.2 Å². The quantitative estimate of drug-likeness (QED) is 0.847. The SMILES string of the molecule is COc1ccc(NC(=O)CN(C)Cc2ccc(F)cc2)c(OC)c1. The average Bonchev–Trinajstić information content (AvgIpc) is 2.57. The van der Waals surface area contributed by atoms with Crippen molar-refractivity contribution in [2.45, 2.75) is 6.54 Å². The van der Waals surface area contributed by atoms with E-state index in [1.54, 1.807) is 37.4 Å². The summed E-state index contributed by atoms with van der Waals surface area (Å²) in [7, 11) is 4.93. The number of methoxy groups -OCH3 is 2. The summed E-state index contributed by atoms with van der Waals surface area (Å²) in [5.74, 6) is 0.746. The second kappa shape index (κ2) is 8.31. The van der Waals surface area contributed by atoms with Crippen LogP contribution >= 0.6 is 0 Å². The molecule has 2 aromatic rings. The summed E-state index contributed by atoms with van der Waals surface area (Å²) in [5, 5.41) is 2.82. The second-order valence-electron chi connectivity index (χ2n) is 5.41. The molecule has 0 atom stereocenters. The van der Waals surface area contributed by atoms with Crippen molar-refractivity contribution in [3.8, 4) is 11.5 Å². The van der Waals surface area contributed by atoms with Gasteiger partial charge in [0.15, 0.2) is 0 Å². The lowest BCUT2D eigenvalue weighted by molar-refractivity contribution is -0.117.